The van der Waals surface area contributed by atoms with E-state index in [0.717, 1.165) is 14.4 Å². The van der Waals surface area contributed by atoms with Crippen LogP contribution in [-0.4, -0.2) is 39.9 Å². The summed E-state index contributed by atoms with van der Waals surface area (Å²) >= 11 is 3.44. The maximum absolute atomic E-state index is 11.7. The van der Waals surface area contributed by atoms with Gasteiger partial charge in [0.15, 0.2) is 0 Å². The molecule has 0 N–H and O–H groups in total. The van der Waals surface area contributed by atoms with E-state index in [2.05, 4.69) is 15.6 Å². The third-order valence-electron chi connectivity index (χ3n) is 1.99. The maximum atomic E-state index is 11.7. The van der Waals surface area contributed by atoms with Gasteiger partial charge in [0.05, 0.1) is 0 Å². The van der Waals surface area contributed by atoms with Crippen LogP contribution in [0, 0.1) is 0 Å². The van der Waals surface area contributed by atoms with E-state index in [1.165, 1.54) is 0 Å². The number of anilines is 1. The molecule has 2 nitrogen and oxygen atoms in total. The van der Waals surface area contributed by atoms with E-state index in [4.69, 9.17) is 0 Å². The Bertz CT molecular complexity index is 348. The number of amides is 1. The first kappa shape index (κ1) is 10.1. The zero-order valence-corrected chi connectivity index (χ0v) is 10.9. The van der Waals surface area contributed by atoms with Crippen molar-refractivity contribution in [2.75, 3.05) is 4.90 Å². The first-order chi connectivity index (χ1) is 6.79. The van der Waals surface area contributed by atoms with E-state index in [9.17, 15) is 4.79 Å². The summed E-state index contributed by atoms with van der Waals surface area (Å²) in [6.45, 7) is 0. The summed E-state index contributed by atoms with van der Waals surface area (Å²) in [4.78, 5) is 13.5. The number of carbonyl (C=O) groups excluding carboxylic acids is 1. The molecule has 0 aromatic heterocycles. The minimum atomic E-state index is 0.207. The molecule has 4 heteroatoms. The van der Waals surface area contributed by atoms with Crippen LogP contribution in [-0.2, 0) is 4.79 Å². The summed E-state index contributed by atoms with van der Waals surface area (Å²) in [6, 6.07) is 9.81. The van der Waals surface area contributed by atoms with Crippen LogP contribution in [0.25, 0.3) is 0 Å². The minimum absolute atomic E-state index is 0.207. The van der Waals surface area contributed by atoms with E-state index in [-0.39, 0.29) is 5.91 Å². The van der Waals surface area contributed by atoms with E-state index in [0.29, 0.717) is 21.4 Å². The number of hydrogen-bond donors (Lipinski definition) is 0. The van der Waals surface area contributed by atoms with Crippen LogP contribution in [0.1, 0.15) is 6.42 Å². The summed E-state index contributed by atoms with van der Waals surface area (Å²) in [6.07, 6.45) is 0.681. The molecule has 72 valence electrons. The van der Waals surface area contributed by atoms with Crippen LogP contribution in [0.4, 0.5) is 5.69 Å². The van der Waals surface area contributed by atoms with E-state index in [1.54, 1.807) is 0 Å². The molecule has 1 aromatic rings. The zero-order chi connectivity index (χ0) is 9.97. The number of hydrogen-bond acceptors (Lipinski definition) is 1. The van der Waals surface area contributed by atoms with Crippen molar-refractivity contribution in [3.63, 3.8) is 0 Å². The fourth-order valence-corrected chi connectivity index (χ4v) is 4.33. The average Bonchev–Trinajstić information content (AvgIpc) is 2.19. The summed E-state index contributed by atoms with van der Waals surface area (Å²) in [5.74, 6) is 0.207. The summed E-state index contributed by atoms with van der Waals surface area (Å²) in [5.41, 5.74) is 0.979. The van der Waals surface area contributed by atoms with Gasteiger partial charge in [0.25, 0.3) is 0 Å². The Kier molecular flexibility index (Phi) is 3.19. The Morgan fingerprint density at radius 3 is 2.64 bits per heavy atom. The number of rotatable bonds is 1. The molecule has 1 aliphatic rings. The van der Waals surface area contributed by atoms with E-state index >= 15 is 0 Å². The molecule has 1 fully saturated rings. The van der Waals surface area contributed by atoms with E-state index < -0.39 is 0 Å². The van der Waals surface area contributed by atoms with Gasteiger partial charge in [0.1, 0.15) is 0 Å². The Morgan fingerprint density at radius 1 is 1.29 bits per heavy atom. The number of benzene rings is 1. The fraction of sp³-hybridized carbons (Fsp3) is 0.200. The monoisotopic (exact) mass is 319 g/mol. The van der Waals surface area contributed by atoms with E-state index in [1.807, 2.05) is 35.2 Å². The summed E-state index contributed by atoms with van der Waals surface area (Å²) < 4.78 is 1.10. The van der Waals surface area contributed by atoms with Crippen molar-refractivity contribution < 1.29 is 4.79 Å². The second-order valence-corrected chi connectivity index (χ2v) is 7.32. The van der Waals surface area contributed by atoms with Gasteiger partial charge in [-0.2, -0.15) is 0 Å². The van der Waals surface area contributed by atoms with Gasteiger partial charge in [0.2, 0.25) is 0 Å². The molecule has 1 saturated heterocycles. The third kappa shape index (κ3) is 1.99. The second-order valence-electron chi connectivity index (χ2n) is 2.93. The topological polar surface area (TPSA) is 20.3 Å². The Morgan fingerprint density at radius 2 is 2.00 bits per heavy atom. The van der Waals surface area contributed by atoms with Crippen molar-refractivity contribution >= 4 is 45.6 Å². The Hall–Kier alpha value is -0.401. The van der Waals surface area contributed by atoms with Gasteiger partial charge in [0, 0.05) is 0 Å². The van der Waals surface area contributed by atoms with Gasteiger partial charge in [-0.25, -0.2) is 0 Å². The van der Waals surface area contributed by atoms with Gasteiger partial charge in [-0.1, -0.05) is 0 Å². The number of carbonyl (C=O) groups is 1. The van der Waals surface area contributed by atoms with Crippen LogP contribution >= 0.6 is 0 Å². The molecule has 0 bridgehead atoms. The zero-order valence-electron chi connectivity index (χ0n) is 7.47. The first-order valence-corrected chi connectivity index (χ1v) is 7.26. The van der Waals surface area contributed by atoms with Crippen molar-refractivity contribution in [2.45, 2.75) is 11.7 Å². The molecule has 2 rings (SSSR count). The van der Waals surface area contributed by atoms with Crippen LogP contribution in [0.2, 0.25) is 5.32 Å². The van der Waals surface area contributed by atoms with Gasteiger partial charge < -0.3 is 0 Å². The fourth-order valence-electron chi connectivity index (χ4n) is 1.33. The van der Waals surface area contributed by atoms with Crippen LogP contribution in [0.5, 0.6) is 0 Å². The van der Waals surface area contributed by atoms with Crippen LogP contribution < -0.4 is 4.90 Å². The predicted octanol–water partition coefficient (Wildman–Crippen LogP) is 0.802. The number of para-hydroxylation sites is 1. The van der Waals surface area contributed by atoms with Gasteiger partial charge in [-0.3, -0.25) is 0 Å². The number of nitrogens with zero attached hydrogens (tertiary/aromatic N) is 1. The van der Waals surface area contributed by atoms with Gasteiger partial charge in [-0.15, -0.1) is 0 Å². The quantitative estimate of drug-likeness (QED) is 0.702. The second kappa shape index (κ2) is 4.41. The van der Waals surface area contributed by atoms with Crippen molar-refractivity contribution in [1.82, 2.24) is 0 Å². The average molecular weight is 317 g/mol. The molecule has 1 aromatic carbocycles. The third-order valence-corrected chi connectivity index (χ3v) is 5.41. The summed E-state index contributed by atoms with van der Waals surface area (Å²) in [5, 5.41) is 1.03. The molecule has 0 atom stereocenters. The first-order valence-electron chi connectivity index (χ1n) is 4.34. The molecule has 0 spiro atoms. The molecule has 14 heavy (non-hydrogen) atoms. The van der Waals surface area contributed by atoms with Gasteiger partial charge in [-0.05, 0) is 0 Å². The molecule has 0 unspecified atom stereocenters. The standard InChI is InChI=1S/C10H9NOSe2/c12-9-6-7-14-10(13)11(9)8-4-2-1-3-5-8/h1-5H,6-7H2. The predicted molar refractivity (Wildman–Crippen MR) is 59.9 cm³/mol. The van der Waals surface area contributed by atoms with Crippen LogP contribution in [0.15, 0.2) is 30.3 Å². The molecule has 0 radical (unpaired) electrons. The normalized spacial score (nSPS) is 17.3. The van der Waals surface area contributed by atoms with Crippen molar-refractivity contribution in [1.29, 1.82) is 0 Å². The molecular formula is C10H9NOSe2. The summed E-state index contributed by atoms with van der Waals surface area (Å²) in [7, 11) is 0. The molecule has 0 aliphatic carbocycles. The molecule has 1 aliphatic heterocycles. The van der Waals surface area contributed by atoms with Crippen molar-refractivity contribution in [3.05, 3.63) is 30.3 Å². The van der Waals surface area contributed by atoms with Crippen LogP contribution in [0.3, 0.4) is 0 Å². The Balaban J connectivity index is 2.32. The van der Waals surface area contributed by atoms with Crippen molar-refractivity contribution in [2.24, 2.45) is 0 Å². The SMILES string of the molecule is O=C1CC[Se]C(=[Se])N1c1ccccc1. The molecule has 0 saturated carbocycles. The molecule has 1 heterocycles. The molecule has 1 amide bonds. The van der Waals surface area contributed by atoms with Crippen molar-refractivity contribution in [3.8, 4) is 0 Å². The molecular weight excluding hydrogens is 308 g/mol. The Labute approximate surface area is 97.2 Å². The van der Waals surface area contributed by atoms with Gasteiger partial charge >= 0.3 is 97.3 Å².